The van der Waals surface area contributed by atoms with Gasteiger partial charge in [0.15, 0.2) is 6.29 Å². The van der Waals surface area contributed by atoms with Crippen molar-refractivity contribution in [3.8, 4) is 0 Å². The maximum Gasteiger partial charge on any atom is 0.465 e. The molecule has 0 aromatic rings. The van der Waals surface area contributed by atoms with Crippen LogP contribution >= 0.6 is 0 Å². The zero-order valence-corrected chi connectivity index (χ0v) is 11.9. The maximum absolute atomic E-state index is 6.05. The first-order valence-corrected chi connectivity index (χ1v) is 6.65. The summed E-state index contributed by atoms with van der Waals surface area (Å²) in [5.41, 5.74) is -0.574. The average molecular weight is 254 g/mol. The summed E-state index contributed by atoms with van der Waals surface area (Å²) in [7, 11) is -0.224. The second-order valence-corrected chi connectivity index (χ2v) is 5.87. The third-order valence-corrected chi connectivity index (χ3v) is 3.99. The fourth-order valence-corrected chi connectivity index (χ4v) is 2.15. The first-order chi connectivity index (χ1) is 8.36. The highest BCUT2D eigenvalue weighted by Gasteiger charge is 2.53. The minimum Gasteiger partial charge on any atom is -0.473 e. The minimum absolute atomic E-state index is 0.177. The molecular formula is C13H23BO4. The molecule has 1 saturated heterocycles. The van der Waals surface area contributed by atoms with Crippen molar-refractivity contribution in [3.05, 3.63) is 12.3 Å². The van der Waals surface area contributed by atoms with Crippen LogP contribution in [0.1, 0.15) is 41.0 Å². The van der Waals surface area contributed by atoms with Gasteiger partial charge in [-0.05, 0) is 40.7 Å². The highest BCUT2D eigenvalue weighted by molar-refractivity contribution is 6.48. The summed E-state index contributed by atoms with van der Waals surface area (Å²) < 4.78 is 23.0. The first kappa shape index (κ1) is 13.9. The molecule has 2 rings (SSSR count). The average Bonchev–Trinajstić information content (AvgIpc) is 2.49. The molecule has 0 radical (unpaired) electrons. The van der Waals surface area contributed by atoms with Crippen molar-refractivity contribution in [2.45, 2.75) is 64.3 Å². The molecule has 18 heavy (non-hydrogen) atoms. The summed E-state index contributed by atoms with van der Waals surface area (Å²) >= 11 is 0. The highest BCUT2D eigenvalue weighted by Crippen LogP contribution is 2.42. The van der Waals surface area contributed by atoms with Crippen molar-refractivity contribution in [1.29, 1.82) is 0 Å². The van der Waals surface area contributed by atoms with Crippen LogP contribution in [0.5, 0.6) is 0 Å². The first-order valence-electron chi connectivity index (χ1n) is 6.65. The third kappa shape index (κ3) is 2.58. The monoisotopic (exact) mass is 254 g/mol. The molecule has 0 unspecified atom stereocenters. The Labute approximate surface area is 110 Å². The second kappa shape index (κ2) is 4.87. The predicted octanol–water partition coefficient (Wildman–Crippen LogP) is 2.75. The van der Waals surface area contributed by atoms with Crippen molar-refractivity contribution in [2.24, 2.45) is 0 Å². The largest absolute Gasteiger partial charge is 0.473 e. The van der Waals surface area contributed by atoms with Crippen LogP contribution in [-0.4, -0.2) is 31.2 Å². The third-order valence-electron chi connectivity index (χ3n) is 3.99. The maximum atomic E-state index is 6.05. The Balaban J connectivity index is 2.02. The van der Waals surface area contributed by atoms with Crippen LogP contribution in [0, 0.1) is 0 Å². The van der Waals surface area contributed by atoms with E-state index in [0.717, 1.165) is 6.42 Å². The van der Waals surface area contributed by atoms with Crippen LogP contribution in [0.4, 0.5) is 0 Å². The molecule has 2 heterocycles. The van der Waals surface area contributed by atoms with E-state index >= 15 is 0 Å². The van der Waals surface area contributed by atoms with Crippen LogP contribution in [0.3, 0.4) is 0 Å². The van der Waals surface area contributed by atoms with Gasteiger partial charge in [-0.2, -0.15) is 0 Å². The number of rotatable bonds is 3. The van der Waals surface area contributed by atoms with E-state index in [9.17, 15) is 0 Å². The fraction of sp³-hybridized carbons (Fsp3) is 0.846. The Morgan fingerprint density at radius 2 is 1.83 bits per heavy atom. The van der Waals surface area contributed by atoms with Crippen molar-refractivity contribution < 1.29 is 18.8 Å². The molecule has 0 aliphatic carbocycles. The molecular weight excluding hydrogens is 231 g/mol. The minimum atomic E-state index is -0.287. The van der Waals surface area contributed by atoms with Crippen molar-refractivity contribution in [1.82, 2.24) is 0 Å². The number of hydrogen-bond donors (Lipinski definition) is 0. The normalized spacial score (nSPS) is 33.5. The molecule has 1 fully saturated rings. The van der Waals surface area contributed by atoms with E-state index in [1.54, 1.807) is 6.26 Å². The van der Waals surface area contributed by atoms with Gasteiger partial charge in [0.05, 0.1) is 17.5 Å². The molecule has 0 spiro atoms. The van der Waals surface area contributed by atoms with Crippen LogP contribution < -0.4 is 0 Å². The van der Waals surface area contributed by atoms with E-state index in [1.165, 1.54) is 0 Å². The predicted molar refractivity (Wildman–Crippen MR) is 70.1 cm³/mol. The molecule has 0 N–H and O–H groups in total. The summed E-state index contributed by atoms with van der Waals surface area (Å²) in [5.74, 6) is 0.177. The lowest BCUT2D eigenvalue weighted by Gasteiger charge is -2.32. The molecule has 0 aromatic carbocycles. The summed E-state index contributed by atoms with van der Waals surface area (Å²) in [5, 5.41) is 0. The van der Waals surface area contributed by atoms with Crippen LogP contribution in [0.2, 0.25) is 5.82 Å². The summed E-state index contributed by atoms with van der Waals surface area (Å²) in [6, 6.07) is 0. The molecule has 4 nitrogen and oxygen atoms in total. The van der Waals surface area contributed by atoms with Crippen LogP contribution in [-0.2, 0) is 18.8 Å². The molecule has 102 valence electrons. The topological polar surface area (TPSA) is 36.9 Å². The summed E-state index contributed by atoms with van der Waals surface area (Å²) in [6.45, 7) is 10.9. The quantitative estimate of drug-likeness (QED) is 0.725. The Kier molecular flexibility index (Phi) is 3.76. The van der Waals surface area contributed by atoms with Gasteiger partial charge in [0.1, 0.15) is 0 Å². The van der Waals surface area contributed by atoms with E-state index in [1.807, 2.05) is 13.0 Å². The zero-order valence-electron chi connectivity index (χ0n) is 11.9. The highest BCUT2D eigenvalue weighted by atomic mass is 16.7. The molecule has 0 bridgehead atoms. The standard InChI is InChI=1S/C13H23BO4/c1-6-15-11-9-10(7-8-16-11)14-17-12(2,3)13(4,5)18-14/h7-8,10-11H,6,9H2,1-5H3/t10-,11+/m1/s1. The summed E-state index contributed by atoms with van der Waals surface area (Å²) in [4.78, 5) is 0. The Morgan fingerprint density at radius 1 is 1.22 bits per heavy atom. The summed E-state index contributed by atoms with van der Waals surface area (Å²) in [6.07, 6.45) is 4.27. The molecule has 0 aromatic heterocycles. The van der Waals surface area contributed by atoms with Gasteiger partial charge in [0.2, 0.25) is 0 Å². The van der Waals surface area contributed by atoms with E-state index < -0.39 is 0 Å². The number of ether oxygens (including phenoxy) is 2. The van der Waals surface area contributed by atoms with Crippen LogP contribution in [0.15, 0.2) is 12.3 Å². The van der Waals surface area contributed by atoms with Gasteiger partial charge in [-0.3, -0.25) is 0 Å². The van der Waals surface area contributed by atoms with Gasteiger partial charge < -0.3 is 18.8 Å². The lowest BCUT2D eigenvalue weighted by Crippen LogP contribution is -2.41. The van der Waals surface area contributed by atoms with Crippen molar-refractivity contribution >= 4 is 7.12 Å². The smallest absolute Gasteiger partial charge is 0.465 e. The molecule has 2 atom stereocenters. The van der Waals surface area contributed by atoms with E-state index in [4.69, 9.17) is 18.8 Å². The van der Waals surface area contributed by atoms with Gasteiger partial charge in [-0.1, -0.05) is 0 Å². The van der Waals surface area contributed by atoms with Gasteiger partial charge in [0.25, 0.3) is 0 Å². The van der Waals surface area contributed by atoms with Crippen molar-refractivity contribution in [3.63, 3.8) is 0 Å². The van der Waals surface area contributed by atoms with Crippen molar-refractivity contribution in [2.75, 3.05) is 6.61 Å². The Hall–Kier alpha value is -0.515. The van der Waals surface area contributed by atoms with E-state index in [-0.39, 0.29) is 30.4 Å². The van der Waals surface area contributed by atoms with Gasteiger partial charge in [-0.25, -0.2) is 0 Å². The lowest BCUT2D eigenvalue weighted by molar-refractivity contribution is -0.112. The molecule has 5 heteroatoms. The van der Waals surface area contributed by atoms with E-state index in [0.29, 0.717) is 6.61 Å². The zero-order chi connectivity index (χ0) is 13.4. The van der Waals surface area contributed by atoms with Gasteiger partial charge in [0, 0.05) is 18.8 Å². The lowest BCUT2D eigenvalue weighted by atomic mass is 9.69. The van der Waals surface area contributed by atoms with Gasteiger partial charge in [-0.15, -0.1) is 0 Å². The fourth-order valence-electron chi connectivity index (χ4n) is 2.15. The van der Waals surface area contributed by atoms with Crippen LogP contribution in [0.25, 0.3) is 0 Å². The molecule has 2 aliphatic rings. The molecule has 0 saturated carbocycles. The molecule has 2 aliphatic heterocycles. The Bertz CT molecular complexity index is 311. The Morgan fingerprint density at radius 3 is 2.39 bits per heavy atom. The van der Waals surface area contributed by atoms with Gasteiger partial charge >= 0.3 is 7.12 Å². The SMILES string of the molecule is CCO[C@@H]1C[C@H](B2OC(C)(C)C(C)(C)O2)C=CO1. The van der Waals surface area contributed by atoms with E-state index in [2.05, 4.69) is 27.7 Å². The molecule has 0 amide bonds. The number of hydrogen-bond acceptors (Lipinski definition) is 4. The number of allylic oxidation sites excluding steroid dienone is 1. The second-order valence-electron chi connectivity index (χ2n) is 5.87.